The lowest BCUT2D eigenvalue weighted by atomic mass is 9.95. The van der Waals surface area contributed by atoms with Gasteiger partial charge in [-0.2, -0.15) is 5.10 Å². The van der Waals surface area contributed by atoms with Crippen molar-refractivity contribution in [3.63, 3.8) is 0 Å². The number of hydrazone groups is 1. The maximum Gasteiger partial charge on any atom is 0.355 e. The van der Waals surface area contributed by atoms with Crippen molar-refractivity contribution in [2.75, 3.05) is 12.0 Å². The number of nitrogens with zero attached hydrogens (tertiary/aromatic N) is 1. The van der Waals surface area contributed by atoms with Crippen LogP contribution in [0.1, 0.15) is 24.2 Å². The number of Topliss-reactive ketones (excluding diaryl/α,β-unsaturated/α-hetero) is 1. The van der Waals surface area contributed by atoms with Crippen LogP contribution < -0.4 is 5.43 Å². The van der Waals surface area contributed by atoms with E-state index in [4.69, 9.17) is 39.5 Å². The molecule has 0 saturated heterocycles. The van der Waals surface area contributed by atoms with Gasteiger partial charge in [0.25, 0.3) is 0 Å². The van der Waals surface area contributed by atoms with Crippen molar-refractivity contribution in [2.24, 2.45) is 11.0 Å². The molecular weight excluding hydrogens is 411 g/mol. The zero-order valence-corrected chi connectivity index (χ0v) is 16.9. The normalized spacial score (nSPS) is 12.4. The maximum atomic E-state index is 12.7. The summed E-state index contributed by atoms with van der Waals surface area (Å²) < 4.78 is 5.03. The van der Waals surface area contributed by atoms with Crippen molar-refractivity contribution >= 4 is 58.0 Å². The van der Waals surface area contributed by atoms with E-state index in [1.165, 1.54) is 6.07 Å². The van der Waals surface area contributed by atoms with Crippen LogP contribution in [-0.2, 0) is 9.53 Å². The van der Waals surface area contributed by atoms with Crippen molar-refractivity contribution in [3.05, 3.63) is 63.1 Å². The summed E-state index contributed by atoms with van der Waals surface area (Å²) in [6.07, 6.45) is 0. The van der Waals surface area contributed by atoms with E-state index in [1.807, 2.05) is 0 Å². The number of ether oxygens (including phenoxy) is 1. The summed E-state index contributed by atoms with van der Waals surface area (Å²) in [7, 11) is 0. The lowest BCUT2D eigenvalue weighted by molar-refractivity contribution is -0.135. The van der Waals surface area contributed by atoms with Gasteiger partial charge in [0.05, 0.1) is 23.2 Å². The van der Waals surface area contributed by atoms with Gasteiger partial charge in [-0.1, -0.05) is 34.8 Å². The molecule has 0 spiro atoms. The highest BCUT2D eigenvalue weighted by atomic mass is 35.5. The lowest BCUT2D eigenvalue weighted by Crippen LogP contribution is -2.31. The Kier molecular flexibility index (Phi) is 7.66. The van der Waals surface area contributed by atoms with Crippen LogP contribution in [0.2, 0.25) is 15.1 Å². The van der Waals surface area contributed by atoms with Gasteiger partial charge in [0.2, 0.25) is 0 Å². The molecule has 142 valence electrons. The Morgan fingerprint density at radius 1 is 1.07 bits per heavy atom. The highest BCUT2D eigenvalue weighted by Crippen LogP contribution is 2.25. The predicted molar refractivity (Wildman–Crippen MR) is 109 cm³/mol. The number of esters is 1. The molecule has 1 unspecified atom stereocenters. The molecule has 27 heavy (non-hydrogen) atoms. The van der Waals surface area contributed by atoms with Crippen LogP contribution in [0.4, 0.5) is 5.69 Å². The number of anilines is 1. The van der Waals surface area contributed by atoms with E-state index in [-0.39, 0.29) is 18.1 Å². The molecule has 0 radical (unpaired) electrons. The number of carbonyl (C=O) groups excluding carboxylic acids is 2. The minimum atomic E-state index is -0.844. The summed E-state index contributed by atoms with van der Waals surface area (Å²) in [6.45, 7) is 3.41. The fraction of sp³-hybridized carbons (Fsp3) is 0.211. The van der Waals surface area contributed by atoms with Gasteiger partial charge in [0, 0.05) is 15.6 Å². The molecule has 0 heterocycles. The molecule has 0 aliphatic heterocycles. The molecule has 5 nitrogen and oxygen atoms in total. The van der Waals surface area contributed by atoms with Crippen LogP contribution in [-0.4, -0.2) is 24.1 Å². The average Bonchev–Trinajstić information content (AvgIpc) is 2.63. The molecule has 2 aromatic carbocycles. The Hall–Kier alpha value is -2.08. The molecule has 0 fully saturated rings. The first-order valence-corrected chi connectivity index (χ1v) is 9.22. The van der Waals surface area contributed by atoms with Gasteiger partial charge >= 0.3 is 5.97 Å². The van der Waals surface area contributed by atoms with Gasteiger partial charge in [-0.3, -0.25) is 10.2 Å². The van der Waals surface area contributed by atoms with Gasteiger partial charge in [-0.15, -0.1) is 0 Å². The van der Waals surface area contributed by atoms with E-state index in [0.29, 0.717) is 26.3 Å². The predicted octanol–water partition coefficient (Wildman–Crippen LogP) is 5.50. The third-order valence-electron chi connectivity index (χ3n) is 3.64. The molecular formula is C19H17Cl3N2O3. The number of hydrogen-bond donors (Lipinski definition) is 1. The monoisotopic (exact) mass is 426 g/mol. The fourth-order valence-corrected chi connectivity index (χ4v) is 2.79. The quantitative estimate of drug-likeness (QED) is 0.274. The third kappa shape index (κ3) is 5.70. The Morgan fingerprint density at radius 2 is 1.70 bits per heavy atom. The van der Waals surface area contributed by atoms with E-state index >= 15 is 0 Å². The van der Waals surface area contributed by atoms with Crippen molar-refractivity contribution in [3.8, 4) is 0 Å². The first kappa shape index (κ1) is 21.2. The summed E-state index contributed by atoms with van der Waals surface area (Å²) in [5.74, 6) is -1.82. The number of nitrogens with one attached hydrogen (secondary N) is 1. The molecule has 2 rings (SSSR count). The van der Waals surface area contributed by atoms with Crippen LogP contribution >= 0.6 is 34.8 Å². The molecule has 0 aliphatic carbocycles. The summed E-state index contributed by atoms with van der Waals surface area (Å²) in [5, 5.41) is 5.39. The zero-order valence-electron chi connectivity index (χ0n) is 14.6. The Bertz CT molecular complexity index is 867. The molecule has 8 heteroatoms. The molecule has 0 aromatic heterocycles. The zero-order chi connectivity index (χ0) is 20.0. The highest BCUT2D eigenvalue weighted by Gasteiger charge is 2.28. The molecule has 1 N–H and O–H groups in total. The minimum Gasteiger partial charge on any atom is -0.461 e. The minimum absolute atomic E-state index is 0.0668. The van der Waals surface area contributed by atoms with Gasteiger partial charge in [0.15, 0.2) is 11.5 Å². The topological polar surface area (TPSA) is 67.8 Å². The number of hydrogen-bond acceptors (Lipinski definition) is 5. The second kappa shape index (κ2) is 9.74. The maximum absolute atomic E-state index is 12.7. The molecule has 2 aromatic rings. The molecule has 1 atom stereocenters. The molecule has 0 saturated carbocycles. The first-order valence-electron chi connectivity index (χ1n) is 8.09. The molecule has 0 aliphatic rings. The smallest absolute Gasteiger partial charge is 0.355 e. The Morgan fingerprint density at radius 3 is 2.30 bits per heavy atom. The second-order valence-electron chi connectivity index (χ2n) is 5.55. The van der Waals surface area contributed by atoms with Gasteiger partial charge in [-0.05, 0) is 56.3 Å². The Labute approximate surface area is 172 Å². The van der Waals surface area contributed by atoms with Crippen molar-refractivity contribution in [1.29, 1.82) is 0 Å². The van der Waals surface area contributed by atoms with Crippen LogP contribution in [0, 0.1) is 5.92 Å². The van der Waals surface area contributed by atoms with E-state index in [1.54, 1.807) is 50.2 Å². The number of halogens is 3. The SMILES string of the molecule is CCOC(=O)/C(=N\Nc1ccc(Cl)cc1Cl)C(C)C(=O)c1ccc(Cl)cc1. The third-order valence-corrected chi connectivity index (χ3v) is 4.44. The standard InChI is InChI=1S/C19H17Cl3N2O3/c1-3-27-19(26)17(24-23-16-9-8-14(21)10-15(16)22)11(2)18(25)12-4-6-13(20)7-5-12/h4-11,23H,3H2,1-2H3/b24-17-. The number of rotatable bonds is 7. The van der Waals surface area contributed by atoms with Crippen LogP contribution in [0.25, 0.3) is 0 Å². The largest absolute Gasteiger partial charge is 0.461 e. The highest BCUT2D eigenvalue weighted by molar-refractivity contribution is 6.42. The van der Waals surface area contributed by atoms with E-state index < -0.39 is 11.9 Å². The number of benzene rings is 2. The molecule has 0 amide bonds. The van der Waals surface area contributed by atoms with Crippen molar-refractivity contribution in [2.45, 2.75) is 13.8 Å². The summed E-state index contributed by atoms with van der Waals surface area (Å²) in [4.78, 5) is 25.0. The summed E-state index contributed by atoms with van der Waals surface area (Å²) in [5.41, 5.74) is 3.48. The first-order chi connectivity index (χ1) is 12.8. The van der Waals surface area contributed by atoms with Gasteiger partial charge < -0.3 is 4.74 Å². The summed E-state index contributed by atoms with van der Waals surface area (Å²) in [6, 6.07) is 11.2. The average molecular weight is 428 g/mol. The van der Waals surface area contributed by atoms with Gasteiger partial charge in [-0.25, -0.2) is 4.79 Å². The van der Waals surface area contributed by atoms with Crippen molar-refractivity contribution < 1.29 is 14.3 Å². The van der Waals surface area contributed by atoms with Gasteiger partial charge in [0.1, 0.15) is 0 Å². The fourth-order valence-electron chi connectivity index (χ4n) is 2.21. The van der Waals surface area contributed by atoms with E-state index in [0.717, 1.165) is 0 Å². The Balaban J connectivity index is 2.30. The van der Waals surface area contributed by atoms with E-state index in [9.17, 15) is 9.59 Å². The van der Waals surface area contributed by atoms with Crippen LogP contribution in [0.5, 0.6) is 0 Å². The molecule has 0 bridgehead atoms. The van der Waals surface area contributed by atoms with E-state index in [2.05, 4.69) is 10.5 Å². The number of ketones is 1. The van der Waals surface area contributed by atoms with Crippen LogP contribution in [0.3, 0.4) is 0 Å². The number of carbonyl (C=O) groups is 2. The summed E-state index contributed by atoms with van der Waals surface area (Å²) >= 11 is 17.8. The lowest BCUT2D eigenvalue weighted by Gasteiger charge is -2.14. The second-order valence-corrected chi connectivity index (χ2v) is 6.83. The van der Waals surface area contributed by atoms with Crippen molar-refractivity contribution in [1.82, 2.24) is 0 Å². The van der Waals surface area contributed by atoms with Crippen LogP contribution in [0.15, 0.2) is 47.6 Å².